The fourth-order valence-electron chi connectivity index (χ4n) is 1.80. The van der Waals surface area contributed by atoms with Crippen LogP contribution in [0.25, 0.3) is 0 Å². The van der Waals surface area contributed by atoms with Crippen LogP contribution in [0.15, 0.2) is 16.9 Å². The summed E-state index contributed by atoms with van der Waals surface area (Å²) in [7, 11) is 0. The van der Waals surface area contributed by atoms with E-state index in [1.165, 1.54) is 0 Å². The topological polar surface area (TPSA) is 39.1 Å². The zero-order chi connectivity index (χ0) is 12.8. The zero-order valence-corrected chi connectivity index (χ0v) is 11.1. The number of carbonyl (C=O) groups excluding carboxylic acids is 1. The molecule has 0 radical (unpaired) electrons. The summed E-state index contributed by atoms with van der Waals surface area (Å²) in [5.74, 6) is 0. The predicted octanol–water partition coefficient (Wildman–Crippen LogP) is 2.65. The predicted molar refractivity (Wildman–Crippen MR) is 69.5 cm³/mol. The lowest BCUT2D eigenvalue weighted by Gasteiger charge is -2.11. The molecule has 0 fully saturated rings. The Labute approximate surface area is 106 Å². The number of hydrogen-bond acceptors (Lipinski definition) is 2. The summed E-state index contributed by atoms with van der Waals surface area (Å²) in [6.45, 7) is 4.74. The summed E-state index contributed by atoms with van der Waals surface area (Å²) in [6, 6.07) is 3.55. The molecule has 0 bridgehead atoms. The molecule has 0 saturated carbocycles. The molecular weight excluding hydrogens is 238 g/mol. The van der Waals surface area contributed by atoms with Crippen LogP contribution in [0.5, 0.6) is 0 Å². The number of unbranched alkanes of at least 4 members (excludes halogenated alkanes) is 2. The van der Waals surface area contributed by atoms with E-state index in [1.54, 1.807) is 10.6 Å². The van der Waals surface area contributed by atoms with Crippen LogP contribution >= 0.6 is 11.6 Å². The highest BCUT2D eigenvalue weighted by Crippen LogP contribution is 2.04. The van der Waals surface area contributed by atoms with Gasteiger partial charge in [-0.1, -0.05) is 25.8 Å². The third kappa shape index (κ3) is 4.00. The van der Waals surface area contributed by atoms with Crippen LogP contribution in [0.1, 0.15) is 37.4 Å². The van der Waals surface area contributed by atoms with E-state index in [0.29, 0.717) is 12.1 Å². The molecule has 3 nitrogen and oxygen atoms in total. The van der Waals surface area contributed by atoms with Crippen LogP contribution in [0, 0.1) is 6.92 Å². The lowest BCUT2D eigenvalue weighted by molar-refractivity contribution is -0.111. The molecule has 94 valence electrons. The first kappa shape index (κ1) is 14.0. The second-order valence-corrected chi connectivity index (χ2v) is 4.62. The van der Waals surface area contributed by atoms with Crippen LogP contribution < -0.4 is 5.56 Å². The summed E-state index contributed by atoms with van der Waals surface area (Å²) in [4.78, 5) is 22.9. The van der Waals surface area contributed by atoms with Gasteiger partial charge in [0.15, 0.2) is 0 Å². The van der Waals surface area contributed by atoms with Crippen LogP contribution in [0.4, 0.5) is 0 Å². The molecular formula is C13H18ClNO2. The number of pyridine rings is 1. The van der Waals surface area contributed by atoms with Gasteiger partial charge in [-0.05, 0) is 31.0 Å². The maximum absolute atomic E-state index is 12.1. The number of aryl methyl sites for hydroxylation is 1. The Balaban J connectivity index is 2.94. The largest absolute Gasteiger partial charge is 0.313 e. The lowest BCUT2D eigenvalue weighted by atomic mass is 10.2. The smallest absolute Gasteiger partial charge is 0.254 e. The molecule has 1 heterocycles. The van der Waals surface area contributed by atoms with Crippen LogP contribution in [0.2, 0.25) is 0 Å². The van der Waals surface area contributed by atoms with Crippen LogP contribution in [-0.4, -0.2) is 9.81 Å². The highest BCUT2D eigenvalue weighted by Gasteiger charge is 2.08. The van der Waals surface area contributed by atoms with Crippen LogP contribution in [-0.2, 0) is 17.8 Å². The molecule has 0 spiro atoms. The summed E-state index contributed by atoms with van der Waals surface area (Å²) in [5, 5.41) is -0.494. The van der Waals surface area contributed by atoms with Gasteiger partial charge < -0.3 is 4.57 Å². The fraction of sp³-hybridized carbons (Fsp3) is 0.538. The quantitative estimate of drug-likeness (QED) is 0.579. The van der Waals surface area contributed by atoms with Crippen molar-refractivity contribution in [2.24, 2.45) is 0 Å². The van der Waals surface area contributed by atoms with Gasteiger partial charge in [0, 0.05) is 17.8 Å². The Kier molecular flexibility index (Phi) is 5.42. The zero-order valence-electron chi connectivity index (χ0n) is 10.3. The highest BCUT2D eigenvalue weighted by molar-refractivity contribution is 6.63. The standard InChI is InChI=1S/C13H18ClNO2/c1-3-4-5-8-15-10(2)6-7-11(13(15)17)9-12(14)16/h6-7H,3-5,8-9H2,1-2H3. The van der Waals surface area contributed by atoms with Gasteiger partial charge in [0.1, 0.15) is 0 Å². The van der Waals surface area contributed by atoms with E-state index in [1.807, 2.05) is 13.0 Å². The summed E-state index contributed by atoms with van der Waals surface area (Å²) < 4.78 is 1.73. The average molecular weight is 256 g/mol. The van der Waals surface area contributed by atoms with Crippen molar-refractivity contribution in [2.75, 3.05) is 0 Å². The van der Waals surface area contributed by atoms with Gasteiger partial charge in [0.2, 0.25) is 5.24 Å². The Bertz CT molecular complexity index is 451. The Morgan fingerprint density at radius 2 is 2.06 bits per heavy atom. The van der Waals surface area contributed by atoms with Crippen molar-refractivity contribution < 1.29 is 4.79 Å². The highest BCUT2D eigenvalue weighted by atomic mass is 35.5. The molecule has 0 atom stereocenters. The van der Waals surface area contributed by atoms with E-state index in [0.717, 1.165) is 25.0 Å². The van der Waals surface area contributed by atoms with Crippen molar-refractivity contribution in [1.29, 1.82) is 0 Å². The van der Waals surface area contributed by atoms with Crippen molar-refractivity contribution in [1.82, 2.24) is 4.57 Å². The number of halogens is 1. The minimum Gasteiger partial charge on any atom is -0.313 e. The maximum Gasteiger partial charge on any atom is 0.254 e. The monoisotopic (exact) mass is 255 g/mol. The van der Waals surface area contributed by atoms with Crippen molar-refractivity contribution >= 4 is 16.8 Å². The number of carbonyl (C=O) groups is 1. The first-order valence-corrected chi connectivity index (χ1v) is 6.31. The third-order valence-electron chi connectivity index (χ3n) is 2.79. The molecule has 1 aromatic rings. The minimum absolute atomic E-state index is 0.00838. The van der Waals surface area contributed by atoms with Gasteiger partial charge in [-0.2, -0.15) is 0 Å². The lowest BCUT2D eigenvalue weighted by Crippen LogP contribution is -2.26. The summed E-state index contributed by atoms with van der Waals surface area (Å²) in [6.07, 6.45) is 3.21. The van der Waals surface area contributed by atoms with Crippen LogP contribution in [0.3, 0.4) is 0 Å². The van der Waals surface area contributed by atoms with Gasteiger partial charge in [0.05, 0.1) is 6.42 Å². The minimum atomic E-state index is -0.494. The molecule has 0 N–H and O–H groups in total. The number of rotatable bonds is 6. The fourth-order valence-corrected chi connectivity index (χ4v) is 1.94. The maximum atomic E-state index is 12.1. The Morgan fingerprint density at radius 3 is 2.65 bits per heavy atom. The van der Waals surface area contributed by atoms with E-state index in [-0.39, 0.29) is 12.0 Å². The molecule has 0 aromatic carbocycles. The SMILES string of the molecule is CCCCCn1c(C)ccc(CC(=O)Cl)c1=O. The number of hydrogen-bond donors (Lipinski definition) is 0. The first-order chi connectivity index (χ1) is 8.06. The second-order valence-electron chi connectivity index (χ2n) is 4.20. The molecule has 0 amide bonds. The number of nitrogens with zero attached hydrogens (tertiary/aromatic N) is 1. The van der Waals surface area contributed by atoms with E-state index in [2.05, 4.69) is 6.92 Å². The normalized spacial score (nSPS) is 10.5. The second kappa shape index (κ2) is 6.60. The van der Waals surface area contributed by atoms with Crippen molar-refractivity contribution in [3.63, 3.8) is 0 Å². The van der Waals surface area contributed by atoms with Gasteiger partial charge >= 0.3 is 0 Å². The first-order valence-electron chi connectivity index (χ1n) is 5.94. The molecule has 0 unspecified atom stereocenters. The Morgan fingerprint density at radius 1 is 1.35 bits per heavy atom. The molecule has 0 saturated heterocycles. The van der Waals surface area contributed by atoms with Gasteiger partial charge in [-0.15, -0.1) is 0 Å². The van der Waals surface area contributed by atoms with Crippen molar-refractivity contribution in [2.45, 2.75) is 46.1 Å². The molecule has 0 aliphatic carbocycles. The third-order valence-corrected chi connectivity index (χ3v) is 2.92. The van der Waals surface area contributed by atoms with E-state index in [9.17, 15) is 9.59 Å². The van der Waals surface area contributed by atoms with Gasteiger partial charge in [-0.3, -0.25) is 9.59 Å². The summed E-state index contributed by atoms with van der Waals surface area (Å²) >= 11 is 5.32. The van der Waals surface area contributed by atoms with Crippen molar-refractivity contribution in [3.05, 3.63) is 33.7 Å². The molecule has 4 heteroatoms. The average Bonchev–Trinajstić information content (AvgIpc) is 2.27. The van der Waals surface area contributed by atoms with E-state index >= 15 is 0 Å². The molecule has 0 aliphatic rings. The molecule has 1 rings (SSSR count). The molecule has 1 aromatic heterocycles. The van der Waals surface area contributed by atoms with E-state index < -0.39 is 5.24 Å². The van der Waals surface area contributed by atoms with Crippen molar-refractivity contribution in [3.8, 4) is 0 Å². The van der Waals surface area contributed by atoms with Gasteiger partial charge in [-0.25, -0.2) is 0 Å². The number of aromatic nitrogens is 1. The molecule has 0 aliphatic heterocycles. The van der Waals surface area contributed by atoms with E-state index in [4.69, 9.17) is 11.6 Å². The van der Waals surface area contributed by atoms with Gasteiger partial charge in [0.25, 0.3) is 5.56 Å². The Hall–Kier alpha value is -1.09. The summed E-state index contributed by atoms with van der Waals surface area (Å²) in [5.41, 5.74) is 1.32. The molecule has 17 heavy (non-hydrogen) atoms.